The molecule has 0 aliphatic rings. The molecule has 7 heteroatoms. The first-order chi connectivity index (χ1) is 9.65. The van der Waals surface area contributed by atoms with E-state index in [1.807, 2.05) is 11.4 Å². The van der Waals surface area contributed by atoms with Gasteiger partial charge < -0.3 is 5.11 Å². The topological polar surface area (TPSA) is 63.1 Å². The fraction of sp³-hybridized carbons (Fsp3) is 0. The van der Waals surface area contributed by atoms with Crippen LogP contribution in [0.1, 0.15) is 10.4 Å². The molecule has 1 aromatic carbocycles. The zero-order valence-electron chi connectivity index (χ0n) is 9.91. The van der Waals surface area contributed by atoms with Gasteiger partial charge in [-0.05, 0) is 29.6 Å². The number of rotatable bonds is 3. The highest BCUT2D eigenvalue weighted by Crippen LogP contribution is 2.36. The highest BCUT2D eigenvalue weighted by atomic mass is 79.9. The van der Waals surface area contributed by atoms with Gasteiger partial charge in [0.05, 0.1) is 15.8 Å². The van der Waals surface area contributed by atoms with Crippen LogP contribution in [0.2, 0.25) is 0 Å². The summed E-state index contributed by atoms with van der Waals surface area (Å²) in [6, 6.07) is 7.01. The van der Waals surface area contributed by atoms with Crippen LogP contribution in [-0.2, 0) is 0 Å². The van der Waals surface area contributed by atoms with Crippen molar-refractivity contribution in [3.8, 4) is 0 Å². The smallest absolute Gasteiger partial charge is 0.336 e. The molecular formula is C13H7BrN2O2S2. The predicted molar refractivity (Wildman–Crippen MR) is 82.6 cm³/mol. The molecular weight excluding hydrogens is 360 g/mol. The van der Waals surface area contributed by atoms with Gasteiger partial charge in [0.2, 0.25) is 0 Å². The largest absolute Gasteiger partial charge is 0.478 e. The second-order valence-corrected chi connectivity index (χ2v) is 6.72. The Morgan fingerprint density at radius 2 is 2.15 bits per heavy atom. The Kier molecular flexibility index (Phi) is 3.73. The summed E-state index contributed by atoms with van der Waals surface area (Å²) in [4.78, 5) is 20.4. The highest BCUT2D eigenvalue weighted by molar-refractivity contribution is 9.10. The van der Waals surface area contributed by atoms with E-state index >= 15 is 0 Å². The number of hydrogen-bond acceptors (Lipinski definition) is 5. The van der Waals surface area contributed by atoms with Crippen LogP contribution >= 0.6 is 39.0 Å². The summed E-state index contributed by atoms with van der Waals surface area (Å²) in [6.45, 7) is 0. The fourth-order valence-electron chi connectivity index (χ4n) is 1.70. The molecule has 1 N–H and O–H groups in total. The normalized spacial score (nSPS) is 10.8. The molecule has 0 aliphatic heterocycles. The Bertz CT molecular complexity index is 804. The quantitative estimate of drug-likeness (QED) is 0.700. The monoisotopic (exact) mass is 366 g/mol. The lowest BCUT2D eigenvalue weighted by molar-refractivity contribution is 0.0693. The molecule has 2 aromatic heterocycles. The van der Waals surface area contributed by atoms with Gasteiger partial charge >= 0.3 is 5.97 Å². The minimum absolute atomic E-state index is 0.265. The molecule has 0 bridgehead atoms. The van der Waals surface area contributed by atoms with Crippen molar-refractivity contribution in [1.82, 2.24) is 9.97 Å². The molecule has 100 valence electrons. The Labute approximate surface area is 131 Å². The summed E-state index contributed by atoms with van der Waals surface area (Å²) in [5.74, 6) is -0.948. The SMILES string of the molecule is O=C(O)c1ccc(Br)cc1Sc1ncnc2ccsc12. The number of hydrogen-bond donors (Lipinski definition) is 1. The van der Waals surface area contributed by atoms with Gasteiger partial charge in [0.15, 0.2) is 0 Å². The number of carboxylic acids is 1. The minimum Gasteiger partial charge on any atom is -0.478 e. The maximum Gasteiger partial charge on any atom is 0.336 e. The molecule has 0 amide bonds. The number of fused-ring (bicyclic) bond motifs is 1. The first kappa shape index (κ1) is 13.5. The molecule has 0 fully saturated rings. The number of thiophene rings is 1. The van der Waals surface area contributed by atoms with E-state index in [0.717, 1.165) is 19.7 Å². The predicted octanol–water partition coefficient (Wildman–Crippen LogP) is 4.30. The summed E-state index contributed by atoms with van der Waals surface area (Å²) in [5.41, 5.74) is 1.14. The molecule has 4 nitrogen and oxygen atoms in total. The lowest BCUT2D eigenvalue weighted by Crippen LogP contribution is -1.98. The number of aromatic nitrogens is 2. The Hall–Kier alpha value is -1.44. The van der Waals surface area contributed by atoms with Crippen LogP contribution in [0, 0.1) is 0 Å². The van der Waals surface area contributed by atoms with Crippen LogP contribution in [-0.4, -0.2) is 21.0 Å². The number of halogens is 1. The molecule has 0 unspecified atom stereocenters. The van der Waals surface area contributed by atoms with Gasteiger partial charge in [0.25, 0.3) is 0 Å². The summed E-state index contributed by atoms with van der Waals surface area (Å²) in [5, 5.41) is 12.0. The molecule has 0 atom stereocenters. The van der Waals surface area contributed by atoms with Gasteiger partial charge in [-0.15, -0.1) is 11.3 Å². The van der Waals surface area contributed by atoms with Crippen LogP contribution in [0.25, 0.3) is 10.2 Å². The maximum absolute atomic E-state index is 11.3. The standard InChI is InChI=1S/C13H7BrN2O2S2/c14-7-1-2-8(13(17)18)10(5-7)20-12-11-9(3-4-19-11)15-6-16-12/h1-6H,(H,17,18). The fourth-order valence-corrected chi connectivity index (χ4v) is 4.17. The number of nitrogens with zero attached hydrogens (tertiary/aromatic N) is 2. The first-order valence-corrected chi connectivity index (χ1v) is 8.03. The van der Waals surface area contributed by atoms with E-state index in [4.69, 9.17) is 0 Å². The van der Waals surface area contributed by atoms with E-state index in [1.165, 1.54) is 18.1 Å². The molecule has 0 spiro atoms. The van der Waals surface area contributed by atoms with Gasteiger partial charge in [0.1, 0.15) is 11.4 Å². The van der Waals surface area contributed by atoms with Crippen molar-refractivity contribution >= 4 is 55.2 Å². The van der Waals surface area contributed by atoms with E-state index in [2.05, 4.69) is 25.9 Å². The number of aromatic carboxylic acids is 1. The Balaban J connectivity index is 2.09. The van der Waals surface area contributed by atoms with Crippen molar-refractivity contribution in [3.63, 3.8) is 0 Å². The zero-order valence-corrected chi connectivity index (χ0v) is 13.1. The van der Waals surface area contributed by atoms with Crippen molar-refractivity contribution in [2.24, 2.45) is 0 Å². The van der Waals surface area contributed by atoms with E-state index in [0.29, 0.717) is 4.90 Å². The molecule has 0 aliphatic carbocycles. The Morgan fingerprint density at radius 3 is 2.95 bits per heavy atom. The van der Waals surface area contributed by atoms with E-state index in [9.17, 15) is 9.90 Å². The molecule has 3 aromatic rings. The lowest BCUT2D eigenvalue weighted by atomic mass is 10.2. The van der Waals surface area contributed by atoms with Crippen molar-refractivity contribution in [1.29, 1.82) is 0 Å². The van der Waals surface area contributed by atoms with E-state index < -0.39 is 5.97 Å². The molecule has 0 saturated heterocycles. The molecule has 20 heavy (non-hydrogen) atoms. The van der Waals surface area contributed by atoms with Crippen molar-refractivity contribution < 1.29 is 9.90 Å². The average molecular weight is 367 g/mol. The van der Waals surface area contributed by atoms with Gasteiger partial charge in [-0.1, -0.05) is 27.7 Å². The summed E-state index contributed by atoms with van der Waals surface area (Å²) in [6.07, 6.45) is 1.50. The van der Waals surface area contributed by atoms with Crippen LogP contribution in [0.5, 0.6) is 0 Å². The second-order valence-electron chi connectivity index (χ2n) is 3.86. The summed E-state index contributed by atoms with van der Waals surface area (Å²) < 4.78 is 1.80. The van der Waals surface area contributed by atoms with Crippen LogP contribution in [0.3, 0.4) is 0 Å². The van der Waals surface area contributed by atoms with Gasteiger partial charge in [-0.3, -0.25) is 0 Å². The second kappa shape index (κ2) is 5.51. The van der Waals surface area contributed by atoms with E-state index in [1.54, 1.807) is 29.5 Å². The molecule has 0 radical (unpaired) electrons. The zero-order chi connectivity index (χ0) is 14.1. The van der Waals surface area contributed by atoms with Crippen LogP contribution in [0.15, 0.2) is 50.4 Å². The summed E-state index contributed by atoms with van der Waals surface area (Å²) >= 11 is 6.25. The third-order valence-electron chi connectivity index (χ3n) is 2.59. The molecule has 2 heterocycles. The third kappa shape index (κ3) is 2.56. The van der Waals surface area contributed by atoms with E-state index in [-0.39, 0.29) is 5.56 Å². The molecule has 3 rings (SSSR count). The third-order valence-corrected chi connectivity index (χ3v) is 5.18. The van der Waals surface area contributed by atoms with Gasteiger partial charge in [0, 0.05) is 9.37 Å². The number of carbonyl (C=O) groups is 1. The van der Waals surface area contributed by atoms with Crippen LogP contribution in [0.4, 0.5) is 0 Å². The first-order valence-electron chi connectivity index (χ1n) is 5.54. The maximum atomic E-state index is 11.3. The number of benzene rings is 1. The van der Waals surface area contributed by atoms with Crippen molar-refractivity contribution in [2.75, 3.05) is 0 Å². The average Bonchev–Trinajstić information content (AvgIpc) is 2.88. The van der Waals surface area contributed by atoms with Crippen molar-refractivity contribution in [3.05, 3.63) is 46.0 Å². The van der Waals surface area contributed by atoms with Gasteiger partial charge in [-0.25, -0.2) is 14.8 Å². The highest BCUT2D eigenvalue weighted by Gasteiger charge is 2.14. The summed E-state index contributed by atoms with van der Waals surface area (Å²) in [7, 11) is 0. The van der Waals surface area contributed by atoms with Crippen LogP contribution < -0.4 is 0 Å². The molecule has 0 saturated carbocycles. The Morgan fingerprint density at radius 1 is 1.30 bits per heavy atom. The minimum atomic E-state index is -0.948. The number of carboxylic acid groups (broad SMARTS) is 1. The van der Waals surface area contributed by atoms with Gasteiger partial charge in [-0.2, -0.15) is 0 Å². The van der Waals surface area contributed by atoms with Crippen molar-refractivity contribution in [2.45, 2.75) is 9.92 Å². The lowest BCUT2D eigenvalue weighted by Gasteiger charge is -2.06.